The van der Waals surface area contributed by atoms with Crippen molar-refractivity contribution in [2.24, 2.45) is 0 Å². The average Bonchev–Trinajstić information content (AvgIpc) is 3.63. The van der Waals surface area contributed by atoms with E-state index < -0.39 is 0 Å². The van der Waals surface area contributed by atoms with Crippen molar-refractivity contribution in [2.75, 3.05) is 0 Å². The summed E-state index contributed by atoms with van der Waals surface area (Å²) in [5.74, 6) is 0.723. The number of hydrogen-bond acceptors (Lipinski definition) is 3. The van der Waals surface area contributed by atoms with Crippen molar-refractivity contribution in [2.45, 2.75) is 27.7 Å². The molecular formula is C57H42N4. The zero-order valence-electron chi connectivity index (χ0n) is 34.6. The molecule has 3 heterocycles. The van der Waals surface area contributed by atoms with Gasteiger partial charge < -0.3 is 4.57 Å². The van der Waals surface area contributed by atoms with E-state index in [1.54, 1.807) is 0 Å². The van der Waals surface area contributed by atoms with Crippen LogP contribution < -0.4 is 0 Å². The number of aryl methyl sites for hydroxylation is 4. The quantitative estimate of drug-likeness (QED) is 0.158. The Hall–Kier alpha value is -7.69. The third kappa shape index (κ3) is 6.36. The van der Waals surface area contributed by atoms with Gasteiger partial charge in [-0.2, -0.15) is 0 Å². The van der Waals surface area contributed by atoms with Gasteiger partial charge in [-0.25, -0.2) is 15.0 Å². The number of hydrogen-bond donors (Lipinski definition) is 0. The fourth-order valence-electron chi connectivity index (χ4n) is 9.38. The van der Waals surface area contributed by atoms with Gasteiger partial charge in [0.2, 0.25) is 0 Å². The van der Waals surface area contributed by atoms with Crippen molar-refractivity contribution in [3.63, 3.8) is 0 Å². The van der Waals surface area contributed by atoms with Crippen LogP contribution in [-0.4, -0.2) is 19.5 Å². The van der Waals surface area contributed by atoms with Gasteiger partial charge in [-0.1, -0.05) is 156 Å². The molecule has 0 spiro atoms. The summed E-state index contributed by atoms with van der Waals surface area (Å²) in [7, 11) is 0. The van der Waals surface area contributed by atoms with Gasteiger partial charge in [-0.3, -0.25) is 0 Å². The van der Waals surface area contributed by atoms with Gasteiger partial charge >= 0.3 is 0 Å². The van der Waals surface area contributed by atoms with Crippen LogP contribution in [0.15, 0.2) is 182 Å². The maximum absolute atomic E-state index is 5.58. The van der Waals surface area contributed by atoms with Crippen LogP contribution in [0.25, 0.3) is 105 Å². The number of benzene rings is 8. The lowest BCUT2D eigenvalue weighted by atomic mass is 9.94. The second-order valence-corrected chi connectivity index (χ2v) is 16.4. The van der Waals surface area contributed by atoms with Gasteiger partial charge in [0, 0.05) is 60.4 Å². The summed E-state index contributed by atoms with van der Waals surface area (Å²) < 4.78 is 2.43. The molecule has 11 aromatic rings. The fourth-order valence-corrected chi connectivity index (χ4v) is 9.38. The van der Waals surface area contributed by atoms with Crippen molar-refractivity contribution in [3.05, 3.63) is 204 Å². The summed E-state index contributed by atoms with van der Waals surface area (Å²) >= 11 is 0. The highest BCUT2D eigenvalue weighted by molar-refractivity contribution is 6.27. The van der Waals surface area contributed by atoms with Gasteiger partial charge in [0.1, 0.15) is 0 Å². The second-order valence-electron chi connectivity index (χ2n) is 16.4. The molecule has 0 atom stereocenters. The Labute approximate surface area is 355 Å². The van der Waals surface area contributed by atoms with Crippen LogP contribution in [0.3, 0.4) is 0 Å². The summed E-state index contributed by atoms with van der Waals surface area (Å²) in [6, 6.07) is 65.4. The average molecular weight is 783 g/mol. The Morgan fingerprint density at radius 2 is 0.951 bits per heavy atom. The van der Waals surface area contributed by atoms with Crippen molar-refractivity contribution < 1.29 is 0 Å². The highest BCUT2D eigenvalue weighted by atomic mass is 15.0. The number of fused-ring (bicyclic) bond motifs is 7. The molecule has 11 rings (SSSR count). The summed E-state index contributed by atoms with van der Waals surface area (Å²) in [5.41, 5.74) is 18.4. The zero-order chi connectivity index (χ0) is 41.2. The van der Waals surface area contributed by atoms with Crippen LogP contribution in [-0.2, 0) is 0 Å². The van der Waals surface area contributed by atoms with Crippen LogP contribution in [0.4, 0.5) is 0 Å². The van der Waals surface area contributed by atoms with Crippen LogP contribution in [0.5, 0.6) is 0 Å². The first-order valence-electron chi connectivity index (χ1n) is 20.9. The predicted octanol–water partition coefficient (Wildman–Crippen LogP) is 14.8. The molecule has 0 N–H and O–H groups in total. The molecule has 0 saturated carbocycles. The largest absolute Gasteiger partial charge is 0.309 e. The predicted molar refractivity (Wildman–Crippen MR) is 255 cm³/mol. The van der Waals surface area contributed by atoms with Crippen LogP contribution in [0.1, 0.15) is 22.3 Å². The summed E-state index contributed by atoms with van der Waals surface area (Å²) in [4.78, 5) is 16.0. The molecule has 0 unspecified atom stereocenters. The van der Waals surface area contributed by atoms with Crippen LogP contribution in [0.2, 0.25) is 0 Å². The first kappa shape index (κ1) is 36.4. The number of para-hydroxylation sites is 3. The Morgan fingerprint density at radius 1 is 0.377 bits per heavy atom. The van der Waals surface area contributed by atoms with Crippen molar-refractivity contribution in [1.82, 2.24) is 19.5 Å². The van der Waals surface area contributed by atoms with Gasteiger partial charge in [-0.15, -0.1) is 0 Å². The lowest BCUT2D eigenvalue weighted by Gasteiger charge is -2.16. The van der Waals surface area contributed by atoms with Crippen molar-refractivity contribution in [3.8, 4) is 62.0 Å². The van der Waals surface area contributed by atoms with E-state index >= 15 is 0 Å². The highest BCUT2D eigenvalue weighted by Gasteiger charge is 2.21. The van der Waals surface area contributed by atoms with Crippen molar-refractivity contribution >= 4 is 43.5 Å². The molecule has 3 aromatic heterocycles. The molecule has 61 heavy (non-hydrogen) atoms. The monoisotopic (exact) mass is 782 g/mol. The molecule has 0 radical (unpaired) electrons. The Bertz CT molecular complexity index is 3380. The molecule has 8 aromatic carbocycles. The SMILES string of the molecule is Cc1cc(C)cc(-c2cc(-c3ccc(-c4cccc5c4nc(-c4ccccc4)c4ccc6c7ccccc7n(-c7ccccc7)c6c45)cc3)nc(-c3cc(C)cc(C)c3)n2)c1. The molecule has 0 aliphatic heterocycles. The minimum Gasteiger partial charge on any atom is -0.309 e. The Balaban J connectivity index is 1.13. The van der Waals surface area contributed by atoms with Gasteiger partial charge in [-0.05, 0) is 81.8 Å². The molecule has 4 nitrogen and oxygen atoms in total. The molecule has 0 bridgehead atoms. The molecule has 290 valence electrons. The number of aromatic nitrogens is 4. The standard InChI is InChI=1S/C57H42N4/c1-35-28-36(2)31-42(30-35)51-34-50(58-57(59-51)43-32-37(3)29-38(4)33-43)40-24-22-39(23-25-40)45-19-13-20-48-53-49(54(60-55(45)48)41-14-7-5-8-15-41)27-26-47-46-18-11-12-21-52(46)61(56(47)53)44-16-9-6-10-17-44/h5-34H,1-4H3. The minimum absolute atomic E-state index is 0.723. The second kappa shape index (κ2) is 14.5. The lowest BCUT2D eigenvalue weighted by molar-refractivity contribution is 1.17. The minimum atomic E-state index is 0.723. The number of rotatable bonds is 6. The molecule has 0 saturated heterocycles. The topological polar surface area (TPSA) is 43.6 Å². The highest BCUT2D eigenvalue weighted by Crippen LogP contribution is 2.44. The van der Waals surface area contributed by atoms with E-state index in [-0.39, 0.29) is 0 Å². The van der Waals surface area contributed by atoms with Gasteiger partial charge in [0.15, 0.2) is 5.82 Å². The Morgan fingerprint density at radius 3 is 1.66 bits per heavy atom. The van der Waals surface area contributed by atoms with E-state index in [1.165, 1.54) is 49.4 Å². The smallest absolute Gasteiger partial charge is 0.160 e. The molecule has 0 amide bonds. The maximum Gasteiger partial charge on any atom is 0.160 e. The molecule has 4 heteroatoms. The van der Waals surface area contributed by atoms with E-state index in [1.807, 2.05) is 0 Å². The van der Waals surface area contributed by atoms with E-state index in [0.717, 1.165) is 78.3 Å². The van der Waals surface area contributed by atoms with E-state index in [4.69, 9.17) is 15.0 Å². The molecule has 0 aliphatic carbocycles. The van der Waals surface area contributed by atoms with Crippen molar-refractivity contribution in [1.29, 1.82) is 0 Å². The van der Waals surface area contributed by atoms with Crippen LogP contribution >= 0.6 is 0 Å². The van der Waals surface area contributed by atoms with E-state index in [2.05, 4.69) is 214 Å². The zero-order valence-corrected chi connectivity index (χ0v) is 34.6. The molecule has 0 fully saturated rings. The van der Waals surface area contributed by atoms with Gasteiger partial charge in [0.25, 0.3) is 0 Å². The number of nitrogens with zero attached hydrogens (tertiary/aromatic N) is 4. The van der Waals surface area contributed by atoms with Crippen LogP contribution in [0, 0.1) is 27.7 Å². The normalized spacial score (nSPS) is 11.6. The first-order chi connectivity index (χ1) is 29.9. The summed E-state index contributed by atoms with van der Waals surface area (Å²) in [6.45, 7) is 8.54. The third-order valence-electron chi connectivity index (χ3n) is 11.9. The van der Waals surface area contributed by atoms with E-state index in [0.29, 0.717) is 0 Å². The molecular weight excluding hydrogens is 741 g/mol. The maximum atomic E-state index is 5.58. The third-order valence-corrected chi connectivity index (χ3v) is 11.9. The first-order valence-corrected chi connectivity index (χ1v) is 20.9. The molecule has 0 aliphatic rings. The lowest BCUT2D eigenvalue weighted by Crippen LogP contribution is -1.98. The Kier molecular flexibility index (Phi) is 8.68. The summed E-state index contributed by atoms with van der Waals surface area (Å²) in [5, 5.41) is 5.89. The van der Waals surface area contributed by atoms with Gasteiger partial charge in [0.05, 0.1) is 33.6 Å². The summed E-state index contributed by atoms with van der Waals surface area (Å²) in [6.07, 6.45) is 0. The fraction of sp³-hybridized carbons (Fsp3) is 0.0702. The van der Waals surface area contributed by atoms with E-state index in [9.17, 15) is 0 Å². The number of pyridine rings is 1.